The molecule has 4 nitrogen and oxygen atoms in total. The summed E-state index contributed by atoms with van der Waals surface area (Å²) in [7, 11) is 1.83. The number of rotatable bonds is 4. The summed E-state index contributed by atoms with van der Waals surface area (Å²) in [4.78, 5) is 8.95. The van der Waals surface area contributed by atoms with Crippen LogP contribution in [0.25, 0.3) is 0 Å². The van der Waals surface area contributed by atoms with Crippen LogP contribution in [0.15, 0.2) is 12.3 Å². The van der Waals surface area contributed by atoms with Crippen LogP contribution in [0.5, 0.6) is 0 Å². The average Bonchev–Trinajstić information content (AvgIpc) is 3.04. The second-order valence-corrected chi connectivity index (χ2v) is 6.10. The van der Waals surface area contributed by atoms with Crippen LogP contribution in [0, 0.1) is 5.82 Å². The fourth-order valence-electron chi connectivity index (χ4n) is 3.59. The van der Waals surface area contributed by atoms with Gasteiger partial charge in [-0.25, -0.2) is 9.37 Å². The van der Waals surface area contributed by atoms with E-state index in [9.17, 15) is 4.39 Å². The Kier molecular flexibility index (Phi) is 4.70. The predicted molar refractivity (Wildman–Crippen MR) is 83.0 cm³/mol. The highest BCUT2D eigenvalue weighted by Crippen LogP contribution is 2.26. The fourth-order valence-corrected chi connectivity index (χ4v) is 3.59. The standard InChI is InChI=1S/C16H25FN4/c1-18-12-13-6-7-19-16(15(13)17)21-10-8-20(9-11-21)14-4-2-3-5-14/h6-7,14,18H,2-5,8-12H2,1H3. The molecule has 1 saturated carbocycles. The second-order valence-electron chi connectivity index (χ2n) is 6.10. The molecule has 1 aromatic rings. The Morgan fingerprint density at radius 1 is 1.24 bits per heavy atom. The number of halogens is 1. The van der Waals surface area contributed by atoms with E-state index in [4.69, 9.17) is 0 Å². The van der Waals surface area contributed by atoms with E-state index in [2.05, 4.69) is 20.1 Å². The van der Waals surface area contributed by atoms with E-state index in [-0.39, 0.29) is 5.82 Å². The van der Waals surface area contributed by atoms with E-state index in [1.54, 1.807) is 12.3 Å². The van der Waals surface area contributed by atoms with Crippen molar-refractivity contribution >= 4 is 5.82 Å². The lowest BCUT2D eigenvalue weighted by Crippen LogP contribution is -2.50. The first-order valence-electron chi connectivity index (χ1n) is 8.06. The molecule has 0 atom stereocenters. The van der Waals surface area contributed by atoms with Crippen LogP contribution in [0.2, 0.25) is 0 Å². The quantitative estimate of drug-likeness (QED) is 0.920. The maximum Gasteiger partial charge on any atom is 0.170 e. The summed E-state index contributed by atoms with van der Waals surface area (Å²) in [6, 6.07) is 2.52. The first-order valence-corrected chi connectivity index (χ1v) is 8.06. The zero-order valence-corrected chi connectivity index (χ0v) is 12.8. The van der Waals surface area contributed by atoms with Gasteiger partial charge in [0.25, 0.3) is 0 Å². The van der Waals surface area contributed by atoms with Gasteiger partial charge in [0.2, 0.25) is 0 Å². The van der Waals surface area contributed by atoms with Crippen LogP contribution in [0.3, 0.4) is 0 Å². The largest absolute Gasteiger partial charge is 0.352 e. The van der Waals surface area contributed by atoms with Gasteiger partial charge < -0.3 is 10.2 Å². The third-order valence-corrected chi connectivity index (χ3v) is 4.77. The minimum atomic E-state index is -0.166. The lowest BCUT2D eigenvalue weighted by molar-refractivity contribution is 0.187. The Morgan fingerprint density at radius 2 is 1.95 bits per heavy atom. The molecule has 1 aromatic heterocycles. The number of nitrogens with one attached hydrogen (secondary N) is 1. The van der Waals surface area contributed by atoms with E-state index >= 15 is 0 Å². The molecule has 0 unspecified atom stereocenters. The third kappa shape index (κ3) is 3.19. The Balaban J connectivity index is 1.65. The molecule has 0 aromatic carbocycles. The van der Waals surface area contributed by atoms with Gasteiger partial charge in [-0.3, -0.25) is 4.90 Å². The van der Waals surface area contributed by atoms with Crippen molar-refractivity contribution in [1.29, 1.82) is 0 Å². The zero-order chi connectivity index (χ0) is 14.7. The van der Waals surface area contributed by atoms with Crippen LogP contribution < -0.4 is 10.2 Å². The van der Waals surface area contributed by atoms with Gasteiger partial charge in [0.1, 0.15) is 0 Å². The Hall–Kier alpha value is -1.20. The smallest absolute Gasteiger partial charge is 0.170 e. The highest BCUT2D eigenvalue weighted by Gasteiger charge is 2.27. The molecule has 2 aliphatic rings. The van der Waals surface area contributed by atoms with Gasteiger partial charge in [-0.1, -0.05) is 12.8 Å². The summed E-state index contributed by atoms with van der Waals surface area (Å²) in [5, 5.41) is 3.00. The topological polar surface area (TPSA) is 31.4 Å². The first-order chi connectivity index (χ1) is 10.3. The number of nitrogens with zero attached hydrogens (tertiary/aromatic N) is 3. The number of hydrogen-bond acceptors (Lipinski definition) is 4. The van der Waals surface area contributed by atoms with Crippen molar-refractivity contribution in [1.82, 2.24) is 15.2 Å². The molecule has 1 saturated heterocycles. The van der Waals surface area contributed by atoms with Crippen LogP contribution in [-0.4, -0.2) is 49.2 Å². The molecule has 5 heteroatoms. The number of aromatic nitrogens is 1. The van der Waals surface area contributed by atoms with E-state index in [1.165, 1.54) is 25.7 Å². The van der Waals surface area contributed by atoms with Crippen LogP contribution in [0.1, 0.15) is 31.2 Å². The minimum absolute atomic E-state index is 0.166. The molecule has 2 heterocycles. The Morgan fingerprint density at radius 3 is 2.62 bits per heavy atom. The first kappa shape index (κ1) is 14.7. The predicted octanol–water partition coefficient (Wildman–Crippen LogP) is 2.00. The van der Waals surface area contributed by atoms with Crippen molar-refractivity contribution in [2.45, 2.75) is 38.3 Å². The van der Waals surface area contributed by atoms with Crippen molar-refractivity contribution < 1.29 is 4.39 Å². The lowest BCUT2D eigenvalue weighted by atomic mass is 10.1. The van der Waals surface area contributed by atoms with Gasteiger partial charge in [-0.15, -0.1) is 0 Å². The van der Waals surface area contributed by atoms with Crippen molar-refractivity contribution in [3.63, 3.8) is 0 Å². The molecule has 1 aliphatic carbocycles. The molecular weight excluding hydrogens is 267 g/mol. The van der Waals surface area contributed by atoms with E-state index < -0.39 is 0 Å². The van der Waals surface area contributed by atoms with Gasteiger partial charge in [-0.2, -0.15) is 0 Å². The molecule has 3 rings (SSSR count). The monoisotopic (exact) mass is 292 g/mol. The summed E-state index contributed by atoms with van der Waals surface area (Å²) in [5.41, 5.74) is 0.695. The maximum absolute atomic E-state index is 14.5. The summed E-state index contributed by atoms with van der Waals surface area (Å²) in [6.07, 6.45) is 7.13. The molecule has 0 spiro atoms. The Labute approximate surface area is 126 Å². The van der Waals surface area contributed by atoms with Gasteiger partial charge in [0, 0.05) is 50.5 Å². The van der Waals surface area contributed by atoms with Gasteiger partial charge >= 0.3 is 0 Å². The highest BCUT2D eigenvalue weighted by atomic mass is 19.1. The summed E-state index contributed by atoms with van der Waals surface area (Å²) in [5.74, 6) is 0.356. The lowest BCUT2D eigenvalue weighted by Gasteiger charge is -2.38. The molecule has 21 heavy (non-hydrogen) atoms. The molecule has 1 aliphatic heterocycles. The second kappa shape index (κ2) is 6.71. The van der Waals surface area contributed by atoms with Crippen LogP contribution in [-0.2, 0) is 6.54 Å². The molecule has 2 fully saturated rings. The number of pyridine rings is 1. The molecule has 116 valence electrons. The molecule has 0 amide bonds. The molecular formula is C16H25FN4. The number of hydrogen-bond donors (Lipinski definition) is 1. The van der Waals surface area contributed by atoms with Crippen LogP contribution >= 0.6 is 0 Å². The minimum Gasteiger partial charge on any atom is -0.352 e. The van der Waals surface area contributed by atoms with E-state index in [0.29, 0.717) is 17.9 Å². The molecule has 1 N–H and O–H groups in total. The molecule has 0 radical (unpaired) electrons. The van der Waals surface area contributed by atoms with Crippen molar-refractivity contribution in [3.8, 4) is 0 Å². The van der Waals surface area contributed by atoms with E-state index in [1.807, 2.05) is 7.05 Å². The Bertz CT molecular complexity index is 465. The average molecular weight is 292 g/mol. The van der Waals surface area contributed by atoms with Crippen molar-refractivity contribution in [2.24, 2.45) is 0 Å². The van der Waals surface area contributed by atoms with Crippen LogP contribution in [0.4, 0.5) is 10.2 Å². The fraction of sp³-hybridized carbons (Fsp3) is 0.688. The normalized spacial score (nSPS) is 21.1. The summed E-state index contributed by atoms with van der Waals surface area (Å²) < 4.78 is 14.5. The SMILES string of the molecule is CNCc1ccnc(N2CCN(C3CCCC3)CC2)c1F. The summed E-state index contributed by atoms with van der Waals surface area (Å²) >= 11 is 0. The van der Waals surface area contributed by atoms with E-state index in [0.717, 1.165) is 32.2 Å². The highest BCUT2D eigenvalue weighted by molar-refractivity contribution is 5.43. The summed E-state index contributed by atoms with van der Waals surface area (Å²) in [6.45, 7) is 4.36. The van der Waals surface area contributed by atoms with Gasteiger partial charge in [-0.05, 0) is 26.0 Å². The van der Waals surface area contributed by atoms with Crippen molar-refractivity contribution in [2.75, 3.05) is 38.1 Å². The number of anilines is 1. The zero-order valence-electron chi connectivity index (χ0n) is 12.8. The van der Waals surface area contributed by atoms with Gasteiger partial charge in [0.15, 0.2) is 11.6 Å². The third-order valence-electron chi connectivity index (χ3n) is 4.77. The molecule has 0 bridgehead atoms. The number of piperazine rings is 1. The van der Waals surface area contributed by atoms with Gasteiger partial charge in [0.05, 0.1) is 0 Å². The maximum atomic E-state index is 14.5. The van der Waals surface area contributed by atoms with Crippen molar-refractivity contribution in [3.05, 3.63) is 23.6 Å².